The lowest BCUT2D eigenvalue weighted by Crippen LogP contribution is -2.29. The van der Waals surface area contributed by atoms with E-state index in [4.69, 9.17) is 0 Å². The molecule has 1 saturated heterocycles. The molecule has 0 spiro atoms. The molecule has 9 heteroatoms. The normalized spacial score (nSPS) is 14.4. The molecule has 3 aromatic rings. The summed E-state index contributed by atoms with van der Waals surface area (Å²) in [5.41, 5.74) is 1.72. The summed E-state index contributed by atoms with van der Waals surface area (Å²) in [4.78, 5) is 22.5. The second-order valence-electron chi connectivity index (χ2n) is 5.71. The van der Waals surface area contributed by atoms with Crippen LogP contribution in [0.15, 0.2) is 35.6 Å². The van der Waals surface area contributed by atoms with Crippen LogP contribution in [0.1, 0.15) is 12.8 Å². The van der Waals surface area contributed by atoms with Gasteiger partial charge in [0.05, 0.1) is 11.4 Å². The van der Waals surface area contributed by atoms with Gasteiger partial charge in [0, 0.05) is 13.1 Å². The van der Waals surface area contributed by atoms with Gasteiger partial charge in [-0.2, -0.15) is 4.68 Å². The molecule has 0 unspecified atom stereocenters. The number of benzene rings is 1. The largest absolute Gasteiger partial charge is 0.342 e. The van der Waals surface area contributed by atoms with Crippen LogP contribution in [0.25, 0.3) is 16.9 Å². The molecule has 0 radical (unpaired) electrons. The number of aromatic nitrogens is 5. The maximum absolute atomic E-state index is 13.1. The van der Waals surface area contributed by atoms with Crippen molar-refractivity contribution in [1.29, 1.82) is 0 Å². The molecule has 0 atom stereocenters. The number of carbonyl (C=O) groups excluding carboxylic acids is 1. The molecule has 2 aromatic heterocycles. The number of carbonyl (C=O) groups is 1. The van der Waals surface area contributed by atoms with Gasteiger partial charge in [0.25, 0.3) is 0 Å². The van der Waals surface area contributed by atoms with Gasteiger partial charge < -0.3 is 4.90 Å². The number of hydrogen-bond acceptors (Lipinski definition) is 6. The van der Waals surface area contributed by atoms with E-state index in [9.17, 15) is 9.18 Å². The zero-order valence-electron chi connectivity index (χ0n) is 13.3. The Morgan fingerprint density at radius 3 is 2.68 bits per heavy atom. The first-order chi connectivity index (χ1) is 12.2. The predicted molar refractivity (Wildman–Crippen MR) is 91.0 cm³/mol. The molecular weight excluding hydrogens is 343 g/mol. The van der Waals surface area contributed by atoms with Gasteiger partial charge in [0.2, 0.25) is 5.91 Å². The number of amides is 1. The van der Waals surface area contributed by atoms with E-state index >= 15 is 0 Å². The van der Waals surface area contributed by atoms with Gasteiger partial charge in [-0.05, 0) is 37.1 Å². The molecule has 0 N–H and O–H groups in total. The van der Waals surface area contributed by atoms with Crippen LogP contribution < -0.4 is 0 Å². The molecule has 128 valence electrons. The number of fused-ring (bicyclic) bond motifs is 1. The highest BCUT2D eigenvalue weighted by molar-refractivity contribution is 8.00. The first-order valence-electron chi connectivity index (χ1n) is 7.95. The molecule has 0 saturated carbocycles. The fourth-order valence-electron chi connectivity index (χ4n) is 2.78. The monoisotopic (exact) mass is 358 g/mol. The summed E-state index contributed by atoms with van der Waals surface area (Å²) in [6.45, 7) is 1.67. The van der Waals surface area contributed by atoms with Crippen molar-refractivity contribution in [2.75, 3.05) is 18.8 Å². The fourth-order valence-corrected chi connectivity index (χ4v) is 3.61. The van der Waals surface area contributed by atoms with Gasteiger partial charge in [0.15, 0.2) is 11.2 Å². The predicted octanol–water partition coefficient (Wildman–Crippen LogP) is 2.06. The van der Waals surface area contributed by atoms with Crippen molar-refractivity contribution in [2.45, 2.75) is 17.9 Å². The molecule has 7 nitrogen and oxygen atoms in total. The fraction of sp³-hybridized carbons (Fsp3) is 0.312. The molecule has 3 heterocycles. The number of halogens is 1. The Bertz CT molecular complexity index is 907. The average Bonchev–Trinajstić information content (AvgIpc) is 3.30. The Morgan fingerprint density at radius 1 is 1.16 bits per heavy atom. The van der Waals surface area contributed by atoms with E-state index in [0.717, 1.165) is 25.9 Å². The maximum Gasteiger partial charge on any atom is 0.232 e. The lowest BCUT2D eigenvalue weighted by molar-refractivity contribution is -0.127. The minimum atomic E-state index is -0.320. The first kappa shape index (κ1) is 15.9. The Morgan fingerprint density at radius 2 is 1.92 bits per heavy atom. The lowest BCUT2D eigenvalue weighted by atomic mass is 10.3. The van der Waals surface area contributed by atoms with Gasteiger partial charge >= 0.3 is 0 Å². The Kier molecular flexibility index (Phi) is 4.31. The third-order valence-corrected chi connectivity index (χ3v) is 5.03. The minimum Gasteiger partial charge on any atom is -0.342 e. The van der Waals surface area contributed by atoms with Crippen molar-refractivity contribution in [3.8, 4) is 5.69 Å². The van der Waals surface area contributed by atoms with E-state index in [0.29, 0.717) is 27.6 Å². The Labute approximate surface area is 147 Å². The lowest BCUT2D eigenvalue weighted by Gasteiger charge is -2.14. The van der Waals surface area contributed by atoms with Gasteiger partial charge in [-0.25, -0.2) is 14.4 Å². The Balaban J connectivity index is 1.58. The highest BCUT2D eigenvalue weighted by atomic mass is 32.2. The average molecular weight is 358 g/mol. The SMILES string of the molecule is O=C(CSc1ncnc2c1nnn2-c1ccc(F)cc1)N1CCCC1. The van der Waals surface area contributed by atoms with Gasteiger partial charge in [-0.15, -0.1) is 5.10 Å². The number of thioether (sulfide) groups is 1. The van der Waals surface area contributed by atoms with Crippen LogP contribution in [-0.2, 0) is 4.79 Å². The number of hydrogen-bond donors (Lipinski definition) is 0. The molecule has 1 aliphatic rings. The number of rotatable bonds is 4. The first-order valence-corrected chi connectivity index (χ1v) is 8.94. The van der Waals surface area contributed by atoms with E-state index in [-0.39, 0.29) is 11.7 Å². The van der Waals surface area contributed by atoms with Crippen molar-refractivity contribution in [3.63, 3.8) is 0 Å². The summed E-state index contributed by atoms with van der Waals surface area (Å²) in [5, 5.41) is 8.85. The van der Waals surface area contributed by atoms with Crippen molar-refractivity contribution in [2.24, 2.45) is 0 Å². The highest BCUT2D eigenvalue weighted by Crippen LogP contribution is 2.24. The van der Waals surface area contributed by atoms with Gasteiger partial charge in [0.1, 0.15) is 17.2 Å². The molecule has 1 amide bonds. The molecular formula is C16H15FN6OS. The van der Waals surface area contributed by atoms with Crippen LogP contribution in [0.2, 0.25) is 0 Å². The Hall–Kier alpha value is -2.55. The van der Waals surface area contributed by atoms with Crippen LogP contribution in [0, 0.1) is 5.82 Å². The van der Waals surface area contributed by atoms with Crippen LogP contribution in [-0.4, -0.2) is 54.6 Å². The summed E-state index contributed by atoms with van der Waals surface area (Å²) < 4.78 is 14.6. The maximum atomic E-state index is 13.1. The summed E-state index contributed by atoms with van der Waals surface area (Å²) in [6.07, 6.45) is 3.56. The quantitative estimate of drug-likeness (QED) is 0.525. The molecule has 0 aliphatic carbocycles. The zero-order valence-corrected chi connectivity index (χ0v) is 14.1. The van der Waals surface area contributed by atoms with Crippen LogP contribution in [0.3, 0.4) is 0 Å². The number of nitrogens with zero attached hydrogens (tertiary/aromatic N) is 6. The molecule has 1 aliphatic heterocycles. The van der Waals surface area contributed by atoms with E-state index in [2.05, 4.69) is 20.3 Å². The second-order valence-corrected chi connectivity index (χ2v) is 6.67. The van der Waals surface area contributed by atoms with Crippen LogP contribution in [0.4, 0.5) is 4.39 Å². The van der Waals surface area contributed by atoms with Crippen molar-refractivity contribution >= 4 is 28.8 Å². The van der Waals surface area contributed by atoms with Gasteiger partial charge in [-0.3, -0.25) is 4.79 Å². The standard InChI is InChI=1S/C16H15FN6OS/c17-11-3-5-12(6-4-11)23-15-14(20-21-23)16(19-10-18-15)25-9-13(24)22-7-1-2-8-22/h3-6,10H,1-2,7-9H2. The summed E-state index contributed by atoms with van der Waals surface area (Å²) in [7, 11) is 0. The summed E-state index contributed by atoms with van der Waals surface area (Å²) >= 11 is 1.34. The van der Waals surface area contributed by atoms with E-state index in [1.165, 1.54) is 34.9 Å². The topological polar surface area (TPSA) is 76.8 Å². The van der Waals surface area contributed by atoms with Gasteiger partial charge in [-0.1, -0.05) is 17.0 Å². The summed E-state index contributed by atoms with van der Waals surface area (Å²) in [5.74, 6) is 0.106. The number of likely N-dealkylation sites (tertiary alicyclic amines) is 1. The van der Waals surface area contributed by atoms with Crippen molar-refractivity contribution in [3.05, 3.63) is 36.4 Å². The third kappa shape index (κ3) is 3.19. The van der Waals surface area contributed by atoms with E-state index < -0.39 is 0 Å². The molecule has 1 fully saturated rings. The van der Waals surface area contributed by atoms with Crippen LogP contribution >= 0.6 is 11.8 Å². The van der Waals surface area contributed by atoms with Crippen LogP contribution in [0.5, 0.6) is 0 Å². The minimum absolute atomic E-state index is 0.111. The zero-order chi connectivity index (χ0) is 17.2. The van der Waals surface area contributed by atoms with E-state index in [1.807, 2.05) is 4.90 Å². The molecule has 4 rings (SSSR count). The van der Waals surface area contributed by atoms with Crippen molar-refractivity contribution < 1.29 is 9.18 Å². The smallest absolute Gasteiger partial charge is 0.232 e. The molecule has 1 aromatic carbocycles. The molecule has 0 bridgehead atoms. The third-order valence-electron chi connectivity index (χ3n) is 4.07. The highest BCUT2D eigenvalue weighted by Gasteiger charge is 2.19. The van der Waals surface area contributed by atoms with Crippen molar-refractivity contribution in [1.82, 2.24) is 29.9 Å². The summed E-state index contributed by atoms with van der Waals surface area (Å²) in [6, 6.07) is 5.92. The second kappa shape index (κ2) is 6.75. The van der Waals surface area contributed by atoms with E-state index in [1.54, 1.807) is 12.1 Å². The molecule has 25 heavy (non-hydrogen) atoms.